The number of ether oxygens (including phenoxy) is 2. The largest absolute Gasteiger partial charge is 0.476 e. The number of carbonyl (C=O) groups is 2. The molecule has 0 spiro atoms. The summed E-state index contributed by atoms with van der Waals surface area (Å²) < 4.78 is 141. The molecule has 0 aliphatic carbocycles. The predicted molar refractivity (Wildman–Crippen MR) is 192 cm³/mol. The van der Waals surface area contributed by atoms with Crippen LogP contribution < -0.4 is 8.61 Å². The molecular weight excluding hydrogens is 916 g/mol. The van der Waals surface area contributed by atoms with Crippen molar-refractivity contribution >= 4 is 101 Å². The second kappa shape index (κ2) is 18.3. The van der Waals surface area contributed by atoms with Crippen LogP contribution >= 0.6 is 58.0 Å². The first-order valence-corrected chi connectivity index (χ1v) is 19.1. The van der Waals surface area contributed by atoms with E-state index in [9.17, 15) is 57.9 Å². The zero-order valence-corrected chi connectivity index (χ0v) is 33.1. The van der Waals surface area contributed by atoms with Gasteiger partial charge in [-0.2, -0.15) is 26.3 Å². The highest BCUT2D eigenvalue weighted by Crippen LogP contribution is 2.39. The van der Waals surface area contributed by atoms with Crippen molar-refractivity contribution < 1.29 is 67.3 Å². The fourth-order valence-corrected chi connectivity index (χ4v) is 8.05. The Balaban J connectivity index is 0.000000300. The average molecular weight is 937 g/mol. The molecule has 304 valence electrons. The van der Waals surface area contributed by atoms with E-state index < -0.39 is 105 Å². The molecule has 2 heterocycles. The molecule has 0 radical (unpaired) electrons. The number of carbonyl (C=O) groups excluding carboxylic acids is 1. The van der Waals surface area contributed by atoms with Gasteiger partial charge in [0.15, 0.2) is 5.69 Å². The Kier molecular flexibility index (Phi) is 15.3. The molecule has 13 nitrogen and oxygen atoms in total. The van der Waals surface area contributed by atoms with Gasteiger partial charge in [0, 0.05) is 26.6 Å². The summed E-state index contributed by atoms with van der Waals surface area (Å²) in [5.74, 6) is -1.57. The number of methoxy groups -OCH3 is 2. The number of sulfonamides is 2. The number of hydrogen-bond donors (Lipinski definition) is 1. The van der Waals surface area contributed by atoms with E-state index in [2.05, 4.69) is 9.97 Å². The standard InChI is InChI=1S/C15H10Cl3F3N2O4S.C15H11Cl2F3N2O5S/c1-27-7-23(12-4-8(16)6-22-13(12)14(18)24)28(25,26)9-2-3-11(17)10(5-9)15(19,20)21;1-27-7-22(12-4-8(16)6-21-13(12)14(23)24)28(25,26)9-2-3-11(17)10(5-9)15(18,19)20/h2-6H,7H2,1H3;2-6H,7H2,1H3,(H,23,24). The minimum absolute atomic E-state index is 0.0416. The van der Waals surface area contributed by atoms with Gasteiger partial charge in [0.05, 0.1) is 52.4 Å². The second-order valence-electron chi connectivity index (χ2n) is 10.4. The summed E-state index contributed by atoms with van der Waals surface area (Å²) in [4.78, 5) is 28.7. The molecule has 0 saturated carbocycles. The number of halogens is 11. The van der Waals surface area contributed by atoms with Crippen LogP contribution in [0.4, 0.5) is 37.7 Å². The van der Waals surface area contributed by atoms with Crippen LogP contribution in [0.25, 0.3) is 0 Å². The van der Waals surface area contributed by atoms with E-state index in [0.29, 0.717) is 20.7 Å². The van der Waals surface area contributed by atoms with Gasteiger partial charge in [-0.3, -0.25) is 4.79 Å². The molecule has 56 heavy (non-hydrogen) atoms. The Labute approximate surface area is 338 Å². The molecule has 0 amide bonds. The molecule has 0 aliphatic rings. The Morgan fingerprint density at radius 2 is 1.04 bits per heavy atom. The minimum Gasteiger partial charge on any atom is -0.476 e. The molecule has 0 unspecified atom stereocenters. The highest BCUT2D eigenvalue weighted by Gasteiger charge is 2.38. The molecule has 0 bridgehead atoms. The monoisotopic (exact) mass is 934 g/mol. The van der Waals surface area contributed by atoms with Crippen LogP contribution in [0.3, 0.4) is 0 Å². The first kappa shape index (κ1) is 46.7. The molecule has 2 aromatic carbocycles. The summed E-state index contributed by atoms with van der Waals surface area (Å²) in [7, 11) is -7.09. The number of alkyl halides is 6. The second-order valence-corrected chi connectivity index (χ2v) is 16.2. The maximum atomic E-state index is 13.1. The maximum absolute atomic E-state index is 13.1. The number of nitrogens with zero attached hydrogens (tertiary/aromatic N) is 4. The highest BCUT2D eigenvalue weighted by atomic mass is 35.5. The topological polar surface area (TPSA) is 173 Å². The fourth-order valence-electron chi connectivity index (χ4n) is 4.34. The summed E-state index contributed by atoms with van der Waals surface area (Å²) >= 11 is 28.1. The van der Waals surface area contributed by atoms with Crippen molar-refractivity contribution in [1.82, 2.24) is 9.97 Å². The van der Waals surface area contributed by atoms with E-state index in [1.54, 1.807) is 0 Å². The molecule has 0 aliphatic heterocycles. The van der Waals surface area contributed by atoms with Crippen LogP contribution in [0.2, 0.25) is 20.1 Å². The number of carboxylic acid groups (broad SMARTS) is 1. The number of aromatic nitrogens is 2. The van der Waals surface area contributed by atoms with Crippen LogP contribution in [-0.2, 0) is 41.9 Å². The third kappa shape index (κ3) is 10.8. The van der Waals surface area contributed by atoms with Crippen LogP contribution in [0.1, 0.15) is 32.1 Å². The van der Waals surface area contributed by atoms with Gasteiger partial charge in [-0.1, -0.05) is 46.4 Å². The predicted octanol–water partition coefficient (Wildman–Crippen LogP) is 8.49. The zero-order valence-electron chi connectivity index (χ0n) is 27.7. The van der Waals surface area contributed by atoms with E-state index >= 15 is 0 Å². The minimum atomic E-state index is -4.90. The number of rotatable bonds is 12. The van der Waals surface area contributed by atoms with Crippen LogP contribution in [-0.4, -0.2) is 70.8 Å². The Morgan fingerprint density at radius 1 is 0.679 bits per heavy atom. The fraction of sp³-hybridized carbons (Fsp3) is 0.200. The van der Waals surface area contributed by atoms with Gasteiger partial charge in [-0.15, -0.1) is 0 Å². The van der Waals surface area contributed by atoms with Gasteiger partial charge in [-0.25, -0.2) is 40.2 Å². The third-order valence-corrected chi connectivity index (χ3v) is 11.5. The lowest BCUT2D eigenvalue weighted by molar-refractivity contribution is -0.138. The molecular formula is C30H21Cl5F6N4O9S2. The molecule has 26 heteroatoms. The van der Waals surface area contributed by atoms with E-state index in [4.69, 9.17) is 67.5 Å². The average Bonchev–Trinajstić information content (AvgIpc) is 3.08. The van der Waals surface area contributed by atoms with E-state index in [1.165, 1.54) is 0 Å². The van der Waals surface area contributed by atoms with Crippen LogP contribution in [0.5, 0.6) is 0 Å². The zero-order chi connectivity index (χ0) is 42.6. The molecule has 2 aromatic heterocycles. The van der Waals surface area contributed by atoms with Crippen LogP contribution in [0, 0.1) is 0 Å². The third-order valence-electron chi connectivity index (χ3n) is 6.75. The van der Waals surface area contributed by atoms with Gasteiger partial charge < -0.3 is 14.6 Å². The van der Waals surface area contributed by atoms with Crippen molar-refractivity contribution in [2.24, 2.45) is 0 Å². The molecule has 0 saturated heterocycles. The molecule has 0 fully saturated rings. The molecule has 0 atom stereocenters. The number of aromatic carboxylic acids is 1. The van der Waals surface area contributed by atoms with Gasteiger partial charge in [0.2, 0.25) is 0 Å². The smallest absolute Gasteiger partial charge is 0.417 e. The van der Waals surface area contributed by atoms with Gasteiger partial charge in [0.25, 0.3) is 25.3 Å². The lowest BCUT2D eigenvalue weighted by Gasteiger charge is -2.25. The Bertz CT molecular complexity index is 2190. The van der Waals surface area contributed by atoms with Gasteiger partial charge in [0.1, 0.15) is 19.2 Å². The lowest BCUT2D eigenvalue weighted by Crippen LogP contribution is -2.34. The number of hydrogen-bond acceptors (Lipinski definition) is 10. The summed E-state index contributed by atoms with van der Waals surface area (Å²) in [5, 5.41) is 6.66. The van der Waals surface area contributed by atoms with Crippen LogP contribution in [0.15, 0.2) is 70.7 Å². The van der Waals surface area contributed by atoms with Crippen molar-refractivity contribution in [3.05, 3.63) is 104 Å². The quantitative estimate of drug-likeness (QED) is 0.0820. The maximum Gasteiger partial charge on any atom is 0.417 e. The van der Waals surface area contributed by atoms with E-state index in [0.717, 1.165) is 63.0 Å². The summed E-state index contributed by atoms with van der Waals surface area (Å²) in [6.45, 7) is -1.37. The number of benzene rings is 2. The van der Waals surface area contributed by atoms with Crippen molar-refractivity contribution in [2.75, 3.05) is 36.3 Å². The van der Waals surface area contributed by atoms with E-state index in [-0.39, 0.29) is 15.7 Å². The number of anilines is 2. The Hall–Kier alpha value is -3.67. The van der Waals surface area contributed by atoms with Crippen molar-refractivity contribution in [2.45, 2.75) is 22.1 Å². The summed E-state index contributed by atoms with van der Waals surface area (Å²) in [6.07, 6.45) is -7.75. The number of carboxylic acids is 1. The lowest BCUT2D eigenvalue weighted by atomic mass is 10.2. The SMILES string of the molecule is COCN(c1cc(Cl)cnc1C(=O)Cl)S(=O)(=O)c1ccc(Cl)c(C(F)(F)F)c1.COCN(c1cc(Cl)cnc1C(=O)O)S(=O)(=O)c1ccc(Cl)c(C(F)(F)F)c1. The molecule has 4 rings (SSSR count). The van der Waals surface area contributed by atoms with Gasteiger partial charge in [-0.05, 0) is 60.1 Å². The normalized spacial score (nSPS) is 12.1. The van der Waals surface area contributed by atoms with E-state index in [1.807, 2.05) is 0 Å². The molecule has 1 N–H and O–H groups in total. The first-order valence-electron chi connectivity index (χ1n) is 14.3. The van der Waals surface area contributed by atoms with Crippen molar-refractivity contribution in [1.29, 1.82) is 0 Å². The molecule has 4 aromatic rings. The number of pyridine rings is 2. The van der Waals surface area contributed by atoms with Crippen molar-refractivity contribution in [3.63, 3.8) is 0 Å². The van der Waals surface area contributed by atoms with Crippen molar-refractivity contribution in [3.8, 4) is 0 Å². The first-order chi connectivity index (χ1) is 25.8. The highest BCUT2D eigenvalue weighted by molar-refractivity contribution is 7.93. The summed E-state index contributed by atoms with van der Waals surface area (Å²) in [5.41, 5.74) is -4.71. The Morgan fingerprint density at radius 3 is 1.36 bits per heavy atom. The van der Waals surface area contributed by atoms with Gasteiger partial charge >= 0.3 is 18.3 Å². The summed E-state index contributed by atoms with van der Waals surface area (Å²) in [6, 6.07) is 6.10.